The van der Waals surface area contributed by atoms with Crippen molar-refractivity contribution in [3.63, 3.8) is 0 Å². The minimum absolute atomic E-state index is 0.0508. The maximum atomic E-state index is 12.5. The predicted octanol–water partition coefficient (Wildman–Crippen LogP) is 1.93. The Labute approximate surface area is 144 Å². The zero-order valence-electron chi connectivity index (χ0n) is 13.1. The van der Waals surface area contributed by atoms with Gasteiger partial charge in [-0.3, -0.25) is 14.6 Å². The summed E-state index contributed by atoms with van der Waals surface area (Å²) in [6.07, 6.45) is 2.30. The highest BCUT2D eigenvalue weighted by atomic mass is 32.1. The molecule has 1 aliphatic rings. The maximum Gasteiger partial charge on any atom is 0.265 e. The summed E-state index contributed by atoms with van der Waals surface area (Å²) in [4.78, 5) is 30.2. The average Bonchev–Trinajstić information content (AvgIpc) is 3.11. The summed E-state index contributed by atoms with van der Waals surface area (Å²) in [6, 6.07) is 9.50. The van der Waals surface area contributed by atoms with Crippen molar-refractivity contribution in [3.05, 3.63) is 46.9 Å². The lowest BCUT2D eigenvalue weighted by Crippen LogP contribution is -2.48. The van der Waals surface area contributed by atoms with Crippen LogP contribution in [0.5, 0.6) is 5.75 Å². The second-order valence-corrected chi connectivity index (χ2v) is 6.69. The van der Waals surface area contributed by atoms with Crippen LogP contribution in [-0.4, -0.2) is 40.9 Å². The number of carbonyl (C=O) groups is 2. The summed E-state index contributed by atoms with van der Waals surface area (Å²) in [5, 5.41) is 0. The van der Waals surface area contributed by atoms with Crippen molar-refractivity contribution < 1.29 is 14.3 Å². The molecule has 7 heteroatoms. The Kier molecular flexibility index (Phi) is 5.10. The fourth-order valence-corrected chi connectivity index (χ4v) is 3.54. The van der Waals surface area contributed by atoms with E-state index in [1.165, 1.54) is 11.3 Å². The lowest BCUT2D eigenvalue weighted by Gasteiger charge is -2.38. The van der Waals surface area contributed by atoms with Gasteiger partial charge in [-0.25, -0.2) is 0 Å². The van der Waals surface area contributed by atoms with Gasteiger partial charge in [0.05, 0.1) is 11.7 Å². The van der Waals surface area contributed by atoms with Crippen LogP contribution in [-0.2, 0) is 4.79 Å². The topological polar surface area (TPSA) is 85.5 Å². The van der Waals surface area contributed by atoms with Crippen molar-refractivity contribution in [2.75, 3.05) is 13.1 Å². The molecule has 2 aromatic rings. The SMILES string of the molecule is NC(=O)C[C@H]1CN(C(=O)c2cncs2)CC[C@@H]1Oc1ccccc1. The molecule has 2 atom stereocenters. The van der Waals surface area contributed by atoms with Gasteiger partial charge in [0.15, 0.2) is 0 Å². The molecule has 0 aliphatic carbocycles. The average molecular weight is 345 g/mol. The Balaban J connectivity index is 1.70. The molecule has 0 radical (unpaired) electrons. The number of ether oxygens (including phenoxy) is 1. The normalized spacial score (nSPS) is 20.6. The number of piperidine rings is 1. The van der Waals surface area contributed by atoms with Crippen LogP contribution in [0.15, 0.2) is 42.0 Å². The molecule has 2 amide bonds. The van der Waals surface area contributed by atoms with Gasteiger partial charge >= 0.3 is 0 Å². The molecule has 1 fully saturated rings. The number of thiazole rings is 1. The van der Waals surface area contributed by atoms with E-state index in [1.54, 1.807) is 16.6 Å². The quantitative estimate of drug-likeness (QED) is 0.897. The summed E-state index contributed by atoms with van der Waals surface area (Å²) in [5.41, 5.74) is 7.03. The minimum Gasteiger partial charge on any atom is -0.490 e. The smallest absolute Gasteiger partial charge is 0.265 e. The molecule has 1 saturated heterocycles. The largest absolute Gasteiger partial charge is 0.490 e. The standard InChI is InChI=1S/C17H19N3O3S/c18-16(21)8-12-10-20(17(22)15-9-19-11-24-15)7-6-14(12)23-13-4-2-1-3-5-13/h1-5,9,11-12,14H,6-8,10H2,(H2,18,21)/t12-,14-/m0/s1. The molecule has 2 N–H and O–H groups in total. The number of primary amides is 1. The number of rotatable bonds is 5. The fraction of sp³-hybridized carbons (Fsp3) is 0.353. The summed E-state index contributed by atoms with van der Waals surface area (Å²) in [6.45, 7) is 1.04. The van der Waals surface area contributed by atoms with Gasteiger partial charge in [0.25, 0.3) is 5.91 Å². The minimum atomic E-state index is -0.381. The number of likely N-dealkylation sites (tertiary alicyclic amines) is 1. The first-order chi connectivity index (χ1) is 11.6. The lowest BCUT2D eigenvalue weighted by molar-refractivity contribution is -0.120. The molecule has 3 rings (SSSR count). The highest BCUT2D eigenvalue weighted by molar-refractivity contribution is 7.11. The van der Waals surface area contributed by atoms with Gasteiger partial charge in [-0.15, -0.1) is 11.3 Å². The molecule has 6 nitrogen and oxygen atoms in total. The van der Waals surface area contributed by atoms with Crippen LogP contribution in [0.3, 0.4) is 0 Å². The van der Waals surface area contributed by atoms with Crippen LogP contribution < -0.4 is 10.5 Å². The Morgan fingerprint density at radius 3 is 2.79 bits per heavy atom. The number of nitrogens with zero attached hydrogens (tertiary/aromatic N) is 2. The van der Waals surface area contributed by atoms with Gasteiger partial charge in [-0.05, 0) is 12.1 Å². The van der Waals surface area contributed by atoms with E-state index in [2.05, 4.69) is 4.98 Å². The Bertz CT molecular complexity index is 690. The molecule has 1 aromatic carbocycles. The number of hydrogen-bond donors (Lipinski definition) is 1. The van der Waals surface area contributed by atoms with Crippen molar-refractivity contribution in [2.45, 2.75) is 18.9 Å². The van der Waals surface area contributed by atoms with Crippen LogP contribution in [0, 0.1) is 5.92 Å². The van der Waals surface area contributed by atoms with Crippen LogP contribution in [0.1, 0.15) is 22.5 Å². The number of benzene rings is 1. The van der Waals surface area contributed by atoms with Crippen LogP contribution in [0.25, 0.3) is 0 Å². The number of amides is 2. The van der Waals surface area contributed by atoms with E-state index in [-0.39, 0.29) is 30.3 Å². The first kappa shape index (κ1) is 16.4. The van der Waals surface area contributed by atoms with E-state index < -0.39 is 0 Å². The van der Waals surface area contributed by atoms with Crippen LogP contribution in [0.4, 0.5) is 0 Å². The zero-order chi connectivity index (χ0) is 16.9. The molecule has 1 aromatic heterocycles. The van der Waals surface area contributed by atoms with Gasteiger partial charge in [-0.2, -0.15) is 0 Å². The van der Waals surface area contributed by atoms with Crippen molar-refractivity contribution in [2.24, 2.45) is 11.7 Å². The van der Waals surface area contributed by atoms with E-state index in [1.807, 2.05) is 30.3 Å². The first-order valence-corrected chi connectivity index (χ1v) is 8.69. The Morgan fingerprint density at radius 1 is 1.33 bits per heavy atom. The highest BCUT2D eigenvalue weighted by Crippen LogP contribution is 2.26. The summed E-state index contributed by atoms with van der Waals surface area (Å²) < 4.78 is 6.03. The number of aromatic nitrogens is 1. The van der Waals surface area contributed by atoms with E-state index in [4.69, 9.17) is 10.5 Å². The van der Waals surface area contributed by atoms with Crippen molar-refractivity contribution in [1.29, 1.82) is 0 Å². The van der Waals surface area contributed by atoms with E-state index in [0.717, 1.165) is 5.75 Å². The van der Waals surface area contributed by atoms with Gasteiger partial charge in [0, 0.05) is 31.8 Å². The number of carbonyl (C=O) groups excluding carboxylic acids is 2. The molecular weight excluding hydrogens is 326 g/mol. The molecule has 1 aliphatic heterocycles. The molecule has 0 bridgehead atoms. The second-order valence-electron chi connectivity index (χ2n) is 5.81. The van der Waals surface area contributed by atoms with E-state index in [9.17, 15) is 9.59 Å². The molecule has 2 heterocycles. The van der Waals surface area contributed by atoms with Gasteiger partial charge in [-0.1, -0.05) is 18.2 Å². The third-order valence-corrected chi connectivity index (χ3v) is 4.85. The van der Waals surface area contributed by atoms with Crippen molar-refractivity contribution in [3.8, 4) is 5.75 Å². The summed E-state index contributed by atoms with van der Waals surface area (Å²) >= 11 is 1.32. The fourth-order valence-electron chi connectivity index (χ4n) is 2.96. The van der Waals surface area contributed by atoms with Crippen molar-refractivity contribution in [1.82, 2.24) is 9.88 Å². The third kappa shape index (κ3) is 3.91. The monoisotopic (exact) mass is 345 g/mol. The number of para-hydroxylation sites is 1. The predicted molar refractivity (Wildman–Crippen MR) is 90.8 cm³/mol. The maximum absolute atomic E-state index is 12.5. The molecule has 0 unspecified atom stereocenters. The van der Waals surface area contributed by atoms with Gasteiger partial charge in [0.1, 0.15) is 16.7 Å². The van der Waals surface area contributed by atoms with Crippen LogP contribution >= 0.6 is 11.3 Å². The number of hydrogen-bond acceptors (Lipinski definition) is 5. The van der Waals surface area contributed by atoms with E-state index in [0.29, 0.717) is 24.4 Å². The summed E-state index contributed by atoms with van der Waals surface area (Å²) in [5.74, 6) is 0.214. The lowest BCUT2D eigenvalue weighted by atomic mass is 9.91. The van der Waals surface area contributed by atoms with E-state index >= 15 is 0 Å². The van der Waals surface area contributed by atoms with Crippen molar-refractivity contribution >= 4 is 23.2 Å². The van der Waals surface area contributed by atoms with Gasteiger partial charge < -0.3 is 15.4 Å². The summed E-state index contributed by atoms with van der Waals surface area (Å²) in [7, 11) is 0. The third-order valence-electron chi connectivity index (χ3n) is 4.09. The number of nitrogens with two attached hydrogens (primary N) is 1. The molecule has 126 valence electrons. The Hall–Kier alpha value is -2.41. The zero-order valence-corrected chi connectivity index (χ0v) is 13.9. The highest BCUT2D eigenvalue weighted by Gasteiger charge is 2.34. The molecular formula is C17H19N3O3S. The van der Waals surface area contributed by atoms with Gasteiger partial charge in [0.2, 0.25) is 5.91 Å². The van der Waals surface area contributed by atoms with Crippen LogP contribution in [0.2, 0.25) is 0 Å². The molecule has 24 heavy (non-hydrogen) atoms. The second kappa shape index (κ2) is 7.44. The molecule has 0 saturated carbocycles. The Morgan fingerprint density at radius 2 is 2.12 bits per heavy atom. The first-order valence-electron chi connectivity index (χ1n) is 7.81. The molecule has 0 spiro atoms.